The van der Waals surface area contributed by atoms with Crippen molar-refractivity contribution in [2.45, 2.75) is 31.5 Å². The zero-order valence-electron chi connectivity index (χ0n) is 16.2. The number of hydrogen-bond acceptors (Lipinski definition) is 7. The van der Waals surface area contributed by atoms with Gasteiger partial charge >= 0.3 is 0 Å². The molecule has 8 heteroatoms. The van der Waals surface area contributed by atoms with Crippen molar-refractivity contribution in [1.82, 2.24) is 19.5 Å². The average Bonchev–Trinajstić information content (AvgIpc) is 3.08. The Kier molecular flexibility index (Phi) is 4.92. The molecule has 0 bridgehead atoms. The number of fused-ring (bicyclic) bond motifs is 1. The zero-order valence-corrected chi connectivity index (χ0v) is 16.2. The van der Waals surface area contributed by atoms with Gasteiger partial charge in [-0.3, -0.25) is 4.90 Å². The van der Waals surface area contributed by atoms with Gasteiger partial charge in [-0.2, -0.15) is 5.10 Å². The monoisotopic (exact) mass is 382 g/mol. The van der Waals surface area contributed by atoms with E-state index >= 15 is 0 Å². The molecule has 0 aliphatic carbocycles. The lowest BCUT2D eigenvalue weighted by Crippen LogP contribution is -2.58. The number of nitrogens with two attached hydrogens (primary N) is 1. The van der Waals surface area contributed by atoms with E-state index in [9.17, 15) is 5.11 Å². The third kappa shape index (κ3) is 3.66. The van der Waals surface area contributed by atoms with Crippen LogP contribution < -0.4 is 15.8 Å². The molecule has 0 radical (unpaired) electrons. The molecule has 8 nitrogen and oxygen atoms in total. The van der Waals surface area contributed by atoms with Gasteiger partial charge in [0.25, 0.3) is 0 Å². The number of nitrogens with zero attached hydrogens (tertiary/aromatic N) is 4. The Morgan fingerprint density at radius 3 is 3.04 bits per heavy atom. The molecule has 2 aromatic heterocycles. The summed E-state index contributed by atoms with van der Waals surface area (Å²) in [6, 6.07) is 9.57. The fraction of sp³-hybridized carbons (Fsp3) is 0.400. The fourth-order valence-corrected chi connectivity index (χ4v) is 3.73. The van der Waals surface area contributed by atoms with Crippen LogP contribution in [0.3, 0.4) is 0 Å². The van der Waals surface area contributed by atoms with Crippen molar-refractivity contribution in [3.05, 3.63) is 48.4 Å². The predicted octanol–water partition coefficient (Wildman–Crippen LogP) is 1.77. The summed E-state index contributed by atoms with van der Waals surface area (Å²) < 4.78 is 7.12. The molecule has 1 fully saturated rings. The Morgan fingerprint density at radius 1 is 1.39 bits per heavy atom. The molecule has 0 spiro atoms. The van der Waals surface area contributed by atoms with Gasteiger partial charge in [0.05, 0.1) is 12.7 Å². The van der Waals surface area contributed by atoms with Crippen LogP contribution in [-0.4, -0.2) is 56.4 Å². The Bertz CT molecular complexity index is 970. The predicted molar refractivity (Wildman–Crippen MR) is 108 cm³/mol. The van der Waals surface area contributed by atoms with E-state index in [0.717, 1.165) is 41.3 Å². The number of benzene rings is 1. The maximum absolute atomic E-state index is 10.5. The molecular formula is C20H26N6O2. The number of anilines is 2. The number of aromatic nitrogens is 3. The van der Waals surface area contributed by atoms with Crippen LogP contribution in [0.25, 0.3) is 5.52 Å². The van der Waals surface area contributed by atoms with E-state index in [2.05, 4.69) is 20.3 Å². The number of rotatable bonds is 5. The maximum Gasteiger partial charge on any atom is 0.158 e. The second-order valence-electron chi connectivity index (χ2n) is 7.56. The average molecular weight is 382 g/mol. The molecule has 148 valence electrons. The fourth-order valence-electron chi connectivity index (χ4n) is 3.73. The number of β-amino-alcohol motifs (C(OH)–C–C–N with tert-alkyl or cyclic N) is 1. The Hall–Kier alpha value is -2.68. The molecule has 3 aromatic rings. The van der Waals surface area contributed by atoms with Crippen LogP contribution >= 0.6 is 0 Å². The molecule has 1 aliphatic rings. The number of ether oxygens (including phenoxy) is 1. The van der Waals surface area contributed by atoms with Crippen LogP contribution in [0, 0.1) is 0 Å². The lowest BCUT2D eigenvalue weighted by molar-refractivity contribution is -0.0342. The topological polar surface area (TPSA) is 101 Å². The van der Waals surface area contributed by atoms with Gasteiger partial charge in [-0.25, -0.2) is 9.50 Å². The number of likely N-dealkylation sites (tertiary alicyclic amines) is 1. The SMILES string of the molecule is COc1cccc(Nc2ncnn3ccc(CN4CC[C@@H](N)[C@@](C)(O)C4)c23)c1. The number of hydrogen-bond donors (Lipinski definition) is 3. The van der Waals surface area contributed by atoms with Crippen molar-refractivity contribution in [3.8, 4) is 5.75 Å². The minimum atomic E-state index is -0.883. The molecule has 0 amide bonds. The molecule has 1 aromatic carbocycles. The summed E-state index contributed by atoms with van der Waals surface area (Å²) in [6.45, 7) is 3.89. The number of nitrogens with one attached hydrogen (secondary N) is 1. The van der Waals surface area contributed by atoms with Crippen molar-refractivity contribution < 1.29 is 9.84 Å². The van der Waals surface area contributed by atoms with E-state index in [1.54, 1.807) is 14.0 Å². The van der Waals surface area contributed by atoms with Crippen LogP contribution in [0.4, 0.5) is 11.5 Å². The second kappa shape index (κ2) is 7.38. The number of aliphatic hydroxyl groups is 1. The second-order valence-corrected chi connectivity index (χ2v) is 7.56. The van der Waals surface area contributed by atoms with Crippen LogP contribution in [0.15, 0.2) is 42.9 Å². The third-order valence-corrected chi connectivity index (χ3v) is 5.36. The molecule has 3 heterocycles. The molecular weight excluding hydrogens is 356 g/mol. The Morgan fingerprint density at radius 2 is 2.25 bits per heavy atom. The van der Waals surface area contributed by atoms with Gasteiger partial charge in [0.15, 0.2) is 5.82 Å². The highest BCUT2D eigenvalue weighted by Gasteiger charge is 2.35. The first-order chi connectivity index (χ1) is 13.5. The molecule has 2 atom stereocenters. The number of methoxy groups -OCH3 is 1. The van der Waals surface area contributed by atoms with Crippen LogP contribution in [0.2, 0.25) is 0 Å². The van der Waals surface area contributed by atoms with E-state index in [1.165, 1.54) is 6.33 Å². The summed E-state index contributed by atoms with van der Waals surface area (Å²) in [6.07, 6.45) is 4.23. The molecule has 0 saturated carbocycles. The van der Waals surface area contributed by atoms with Crippen LogP contribution in [0.5, 0.6) is 5.75 Å². The summed E-state index contributed by atoms with van der Waals surface area (Å²) in [5.74, 6) is 1.50. The molecule has 4 rings (SSSR count). The first-order valence-electron chi connectivity index (χ1n) is 9.39. The van der Waals surface area contributed by atoms with E-state index in [4.69, 9.17) is 10.5 Å². The van der Waals surface area contributed by atoms with Gasteiger partial charge in [-0.15, -0.1) is 0 Å². The van der Waals surface area contributed by atoms with Crippen molar-refractivity contribution in [2.24, 2.45) is 5.73 Å². The minimum Gasteiger partial charge on any atom is -0.497 e. The van der Waals surface area contributed by atoms with Gasteiger partial charge in [0.2, 0.25) is 0 Å². The van der Waals surface area contributed by atoms with Gasteiger partial charge < -0.3 is 20.9 Å². The van der Waals surface area contributed by atoms with Crippen molar-refractivity contribution in [3.63, 3.8) is 0 Å². The van der Waals surface area contributed by atoms with Gasteiger partial charge in [-0.1, -0.05) is 6.07 Å². The van der Waals surface area contributed by atoms with Crippen LogP contribution in [0.1, 0.15) is 18.9 Å². The smallest absolute Gasteiger partial charge is 0.158 e. The van der Waals surface area contributed by atoms with Crippen molar-refractivity contribution >= 4 is 17.0 Å². The largest absolute Gasteiger partial charge is 0.497 e. The standard InChI is InChI=1S/C20H26N6O2/c1-20(27)12-25(8-7-17(20)21)11-14-6-9-26-18(14)19(22-13-23-26)24-15-4-3-5-16(10-15)28-2/h3-6,9-10,13,17,27H,7-8,11-12,21H2,1-2H3,(H,22,23,24)/t17-,20+/m1/s1. The van der Waals surface area contributed by atoms with E-state index in [-0.39, 0.29) is 6.04 Å². The molecule has 1 aliphatic heterocycles. The van der Waals surface area contributed by atoms with Crippen molar-refractivity contribution in [2.75, 3.05) is 25.5 Å². The normalized spacial score (nSPS) is 23.1. The molecule has 4 N–H and O–H groups in total. The highest BCUT2D eigenvalue weighted by atomic mass is 16.5. The Labute approximate surface area is 163 Å². The third-order valence-electron chi connectivity index (χ3n) is 5.36. The minimum absolute atomic E-state index is 0.192. The quantitative estimate of drug-likeness (QED) is 0.618. The van der Waals surface area contributed by atoms with E-state index < -0.39 is 5.60 Å². The van der Waals surface area contributed by atoms with E-state index in [1.807, 2.05) is 41.0 Å². The lowest BCUT2D eigenvalue weighted by Gasteiger charge is -2.41. The summed E-state index contributed by atoms with van der Waals surface area (Å²) in [5.41, 5.74) is 8.07. The molecule has 0 unspecified atom stereocenters. The molecule has 1 saturated heterocycles. The first kappa shape index (κ1) is 18.7. The van der Waals surface area contributed by atoms with E-state index in [0.29, 0.717) is 13.1 Å². The van der Waals surface area contributed by atoms with Crippen LogP contribution in [-0.2, 0) is 6.54 Å². The van der Waals surface area contributed by atoms with Gasteiger partial charge in [0.1, 0.15) is 17.6 Å². The van der Waals surface area contributed by atoms with Gasteiger partial charge in [0, 0.05) is 43.6 Å². The summed E-state index contributed by atoms with van der Waals surface area (Å²) in [7, 11) is 1.65. The lowest BCUT2D eigenvalue weighted by atomic mass is 9.90. The van der Waals surface area contributed by atoms with Crippen molar-refractivity contribution in [1.29, 1.82) is 0 Å². The Balaban J connectivity index is 1.62. The summed E-state index contributed by atoms with van der Waals surface area (Å²) >= 11 is 0. The zero-order chi connectivity index (χ0) is 19.7. The maximum atomic E-state index is 10.5. The molecule has 28 heavy (non-hydrogen) atoms. The summed E-state index contributed by atoms with van der Waals surface area (Å²) in [4.78, 5) is 6.68. The summed E-state index contributed by atoms with van der Waals surface area (Å²) in [5, 5.41) is 18.2. The first-order valence-corrected chi connectivity index (χ1v) is 9.39. The highest BCUT2D eigenvalue weighted by molar-refractivity contribution is 5.76. The highest BCUT2D eigenvalue weighted by Crippen LogP contribution is 2.27. The van der Waals surface area contributed by atoms with Gasteiger partial charge in [-0.05, 0) is 37.1 Å². The number of piperidine rings is 1.